The van der Waals surface area contributed by atoms with Crippen molar-refractivity contribution in [3.8, 4) is 11.6 Å². The lowest BCUT2D eigenvalue weighted by Crippen LogP contribution is -2.04. The Kier molecular flexibility index (Phi) is 4.71. The minimum absolute atomic E-state index is 0.547. The molecule has 0 bridgehead atoms. The molecular formula is C16H19N3O. The summed E-state index contributed by atoms with van der Waals surface area (Å²) in [5.74, 6) is 1.92. The van der Waals surface area contributed by atoms with Crippen molar-refractivity contribution in [2.75, 3.05) is 11.9 Å². The minimum Gasteiger partial charge on any atom is -0.438 e. The van der Waals surface area contributed by atoms with Crippen molar-refractivity contribution in [3.05, 3.63) is 47.7 Å². The molecule has 1 aromatic heterocycles. The first-order valence-electron chi connectivity index (χ1n) is 6.72. The molecule has 4 nitrogen and oxygen atoms in total. The van der Waals surface area contributed by atoms with Crippen LogP contribution in [0.15, 0.2) is 36.4 Å². The fourth-order valence-electron chi connectivity index (χ4n) is 1.83. The molecule has 1 heterocycles. The Bertz CT molecular complexity index is 608. The summed E-state index contributed by atoms with van der Waals surface area (Å²) in [5.41, 5.74) is 1.89. The number of hydrogen-bond acceptors (Lipinski definition) is 4. The number of hydrogen-bond donors (Lipinski definition) is 1. The van der Waals surface area contributed by atoms with Crippen LogP contribution < -0.4 is 10.1 Å². The van der Waals surface area contributed by atoms with Crippen LogP contribution in [0.5, 0.6) is 11.6 Å². The van der Waals surface area contributed by atoms with Crippen molar-refractivity contribution in [1.82, 2.24) is 9.97 Å². The maximum atomic E-state index is 5.89. The van der Waals surface area contributed by atoms with Gasteiger partial charge in [-0.2, -0.15) is 4.98 Å². The highest BCUT2D eigenvalue weighted by Gasteiger charge is 2.06. The van der Waals surface area contributed by atoms with Gasteiger partial charge in [-0.25, -0.2) is 4.98 Å². The Morgan fingerprint density at radius 1 is 1.25 bits per heavy atom. The van der Waals surface area contributed by atoms with Gasteiger partial charge in [-0.3, -0.25) is 0 Å². The molecule has 0 atom stereocenters. The molecule has 0 saturated heterocycles. The summed E-state index contributed by atoms with van der Waals surface area (Å²) in [6, 6.07) is 9.70. The second kappa shape index (κ2) is 6.70. The molecule has 0 radical (unpaired) electrons. The van der Waals surface area contributed by atoms with Gasteiger partial charge in [0.05, 0.1) is 0 Å². The van der Waals surface area contributed by atoms with Crippen molar-refractivity contribution in [3.63, 3.8) is 0 Å². The summed E-state index contributed by atoms with van der Waals surface area (Å²) in [5, 5.41) is 3.10. The quantitative estimate of drug-likeness (QED) is 0.889. The van der Waals surface area contributed by atoms with Gasteiger partial charge in [-0.1, -0.05) is 30.4 Å². The van der Waals surface area contributed by atoms with Gasteiger partial charge in [0.25, 0.3) is 0 Å². The third-order valence-corrected chi connectivity index (χ3v) is 2.65. The van der Waals surface area contributed by atoms with Crippen molar-refractivity contribution < 1.29 is 4.74 Å². The third-order valence-electron chi connectivity index (χ3n) is 2.65. The number of aryl methyl sites for hydroxylation is 1. The number of aromatic nitrogens is 2. The zero-order chi connectivity index (χ0) is 14.4. The van der Waals surface area contributed by atoms with Crippen LogP contribution in [0.2, 0.25) is 0 Å². The van der Waals surface area contributed by atoms with E-state index in [1.807, 2.05) is 63.3 Å². The molecule has 0 fully saturated rings. The number of nitrogens with one attached hydrogen (secondary N) is 1. The molecule has 0 amide bonds. The Labute approximate surface area is 119 Å². The smallest absolute Gasteiger partial charge is 0.226 e. The van der Waals surface area contributed by atoms with Crippen LogP contribution >= 0.6 is 0 Å². The highest BCUT2D eigenvalue weighted by atomic mass is 16.5. The zero-order valence-electron chi connectivity index (χ0n) is 12.1. The Balaban J connectivity index is 2.30. The highest BCUT2D eigenvalue weighted by Crippen LogP contribution is 2.25. The molecule has 1 aromatic carbocycles. The second-order valence-electron chi connectivity index (χ2n) is 4.34. The standard InChI is InChI=1S/C16H19N3O/c1-4-8-13-9-6-7-10-14(13)20-15-11-12(3)18-16(19-15)17-5-2/h4,6-11H,5H2,1-3H3,(H,17,18,19)/b8-4+. The maximum Gasteiger partial charge on any atom is 0.226 e. The topological polar surface area (TPSA) is 47.0 Å². The van der Waals surface area contributed by atoms with Crippen LogP contribution in [0.25, 0.3) is 6.08 Å². The molecule has 2 aromatic rings. The molecule has 104 valence electrons. The average molecular weight is 269 g/mol. The first kappa shape index (κ1) is 14.1. The van der Waals surface area contributed by atoms with E-state index in [0.717, 1.165) is 23.6 Å². The number of benzene rings is 1. The van der Waals surface area contributed by atoms with Crippen LogP contribution in [0.1, 0.15) is 25.1 Å². The largest absolute Gasteiger partial charge is 0.438 e. The highest BCUT2D eigenvalue weighted by molar-refractivity contribution is 5.57. The predicted octanol–water partition coefficient (Wildman–Crippen LogP) is 4.04. The maximum absolute atomic E-state index is 5.89. The van der Waals surface area contributed by atoms with E-state index in [0.29, 0.717) is 11.8 Å². The Morgan fingerprint density at radius 2 is 2.05 bits per heavy atom. The number of rotatable bonds is 5. The normalized spacial score (nSPS) is 10.8. The summed E-state index contributed by atoms with van der Waals surface area (Å²) in [4.78, 5) is 8.66. The van der Waals surface area contributed by atoms with Crippen LogP contribution in [-0.4, -0.2) is 16.5 Å². The molecule has 0 saturated carbocycles. The van der Waals surface area contributed by atoms with Crippen molar-refractivity contribution in [2.45, 2.75) is 20.8 Å². The number of para-hydroxylation sites is 1. The monoisotopic (exact) mass is 269 g/mol. The third kappa shape index (κ3) is 3.57. The average Bonchev–Trinajstić information content (AvgIpc) is 2.41. The van der Waals surface area contributed by atoms with Crippen molar-refractivity contribution in [1.29, 1.82) is 0 Å². The van der Waals surface area contributed by atoms with Gasteiger partial charge in [0.2, 0.25) is 11.8 Å². The second-order valence-corrected chi connectivity index (χ2v) is 4.34. The molecular weight excluding hydrogens is 250 g/mol. The number of allylic oxidation sites excluding steroid dienone is 1. The van der Waals surface area contributed by atoms with E-state index in [4.69, 9.17) is 4.74 Å². The summed E-state index contributed by atoms with van der Waals surface area (Å²) in [6.07, 6.45) is 3.99. The van der Waals surface area contributed by atoms with Gasteiger partial charge in [-0.05, 0) is 26.8 Å². The van der Waals surface area contributed by atoms with Gasteiger partial charge in [0.1, 0.15) is 5.75 Å². The fraction of sp³-hybridized carbons (Fsp3) is 0.250. The van der Waals surface area contributed by atoms with E-state index in [1.54, 1.807) is 0 Å². The van der Waals surface area contributed by atoms with E-state index in [2.05, 4.69) is 15.3 Å². The summed E-state index contributed by atoms with van der Waals surface area (Å²) in [7, 11) is 0. The zero-order valence-corrected chi connectivity index (χ0v) is 12.1. The molecule has 0 aliphatic carbocycles. The van der Waals surface area contributed by atoms with E-state index in [-0.39, 0.29) is 0 Å². The Morgan fingerprint density at radius 3 is 2.80 bits per heavy atom. The van der Waals surface area contributed by atoms with Gasteiger partial charge in [-0.15, -0.1) is 0 Å². The van der Waals surface area contributed by atoms with E-state index < -0.39 is 0 Å². The summed E-state index contributed by atoms with van der Waals surface area (Å²) in [6.45, 7) is 6.69. The molecule has 0 unspecified atom stereocenters. The molecule has 20 heavy (non-hydrogen) atoms. The summed E-state index contributed by atoms with van der Waals surface area (Å²) < 4.78 is 5.89. The molecule has 1 N–H and O–H groups in total. The minimum atomic E-state index is 0.547. The molecule has 0 aliphatic heterocycles. The fourth-order valence-corrected chi connectivity index (χ4v) is 1.83. The van der Waals surface area contributed by atoms with Crippen molar-refractivity contribution in [2.24, 2.45) is 0 Å². The Hall–Kier alpha value is -2.36. The summed E-state index contributed by atoms with van der Waals surface area (Å²) >= 11 is 0. The lowest BCUT2D eigenvalue weighted by molar-refractivity contribution is 0.460. The predicted molar refractivity (Wildman–Crippen MR) is 82.2 cm³/mol. The van der Waals surface area contributed by atoms with Gasteiger partial charge in [0, 0.05) is 23.9 Å². The molecule has 4 heteroatoms. The van der Waals surface area contributed by atoms with Crippen LogP contribution in [-0.2, 0) is 0 Å². The van der Waals surface area contributed by atoms with Crippen molar-refractivity contribution >= 4 is 12.0 Å². The first-order valence-corrected chi connectivity index (χ1v) is 6.72. The van der Waals surface area contributed by atoms with Crippen LogP contribution in [0.3, 0.4) is 0 Å². The molecule has 0 aliphatic rings. The number of ether oxygens (including phenoxy) is 1. The number of anilines is 1. The van der Waals surface area contributed by atoms with Gasteiger partial charge >= 0.3 is 0 Å². The first-order chi connectivity index (χ1) is 9.72. The lowest BCUT2D eigenvalue weighted by Gasteiger charge is -2.10. The SMILES string of the molecule is C/C=C/c1ccccc1Oc1cc(C)nc(NCC)n1. The number of nitrogens with zero attached hydrogens (tertiary/aromatic N) is 2. The molecule has 2 rings (SSSR count). The lowest BCUT2D eigenvalue weighted by atomic mass is 10.2. The van der Waals surface area contributed by atoms with E-state index in [9.17, 15) is 0 Å². The van der Waals surface area contributed by atoms with Gasteiger partial charge in [0.15, 0.2) is 0 Å². The van der Waals surface area contributed by atoms with Crippen LogP contribution in [0.4, 0.5) is 5.95 Å². The molecule has 0 spiro atoms. The van der Waals surface area contributed by atoms with E-state index in [1.165, 1.54) is 0 Å². The van der Waals surface area contributed by atoms with Gasteiger partial charge < -0.3 is 10.1 Å². The van der Waals surface area contributed by atoms with E-state index >= 15 is 0 Å². The van der Waals surface area contributed by atoms with Crippen LogP contribution in [0, 0.1) is 6.92 Å².